The normalized spacial score (nSPS) is 22.2. The Labute approximate surface area is 123 Å². The predicted molar refractivity (Wildman–Crippen MR) is 81.1 cm³/mol. The van der Waals surface area contributed by atoms with Crippen molar-refractivity contribution in [1.82, 2.24) is 9.97 Å². The first-order chi connectivity index (χ1) is 10.2. The first-order valence-corrected chi connectivity index (χ1v) is 7.26. The SMILES string of the molecule is COc1cc2nc(NC3CCC(O)CC3)[nH]c2cc1OC. The van der Waals surface area contributed by atoms with Crippen molar-refractivity contribution in [2.45, 2.75) is 37.8 Å². The molecule has 0 radical (unpaired) electrons. The van der Waals surface area contributed by atoms with Gasteiger partial charge in [0.1, 0.15) is 0 Å². The average molecular weight is 291 g/mol. The second kappa shape index (κ2) is 5.81. The van der Waals surface area contributed by atoms with Gasteiger partial charge < -0.3 is 24.9 Å². The van der Waals surface area contributed by atoms with Gasteiger partial charge >= 0.3 is 0 Å². The molecule has 0 amide bonds. The van der Waals surface area contributed by atoms with Gasteiger partial charge in [0, 0.05) is 18.2 Å². The van der Waals surface area contributed by atoms with Gasteiger partial charge in [-0.15, -0.1) is 0 Å². The van der Waals surface area contributed by atoms with Crippen molar-refractivity contribution in [3.8, 4) is 11.5 Å². The molecule has 0 saturated heterocycles. The summed E-state index contributed by atoms with van der Waals surface area (Å²) in [5.41, 5.74) is 1.75. The van der Waals surface area contributed by atoms with Gasteiger partial charge in [-0.1, -0.05) is 0 Å². The van der Waals surface area contributed by atoms with Crippen LogP contribution >= 0.6 is 0 Å². The molecule has 6 nitrogen and oxygen atoms in total. The molecule has 2 aromatic rings. The van der Waals surface area contributed by atoms with Crippen LogP contribution in [0, 0.1) is 0 Å². The number of nitrogens with zero attached hydrogens (tertiary/aromatic N) is 1. The summed E-state index contributed by atoms with van der Waals surface area (Å²) in [6.07, 6.45) is 3.47. The molecule has 1 aliphatic rings. The van der Waals surface area contributed by atoms with Gasteiger partial charge in [0.2, 0.25) is 5.95 Å². The van der Waals surface area contributed by atoms with Gasteiger partial charge in [-0.05, 0) is 25.7 Å². The van der Waals surface area contributed by atoms with Gasteiger partial charge in [0.15, 0.2) is 11.5 Å². The van der Waals surface area contributed by atoms with Gasteiger partial charge in [-0.3, -0.25) is 0 Å². The maximum atomic E-state index is 9.54. The number of benzene rings is 1. The van der Waals surface area contributed by atoms with Gasteiger partial charge in [-0.2, -0.15) is 0 Å². The number of nitrogens with one attached hydrogen (secondary N) is 2. The molecule has 1 aliphatic carbocycles. The maximum absolute atomic E-state index is 9.54. The van der Waals surface area contributed by atoms with Crippen molar-refractivity contribution in [3.05, 3.63) is 12.1 Å². The lowest BCUT2D eigenvalue weighted by Gasteiger charge is -2.25. The van der Waals surface area contributed by atoms with E-state index in [2.05, 4.69) is 15.3 Å². The zero-order valence-electron chi connectivity index (χ0n) is 12.3. The Hall–Kier alpha value is -1.95. The van der Waals surface area contributed by atoms with E-state index in [0.29, 0.717) is 17.5 Å². The highest BCUT2D eigenvalue weighted by molar-refractivity contribution is 5.81. The third-order valence-electron chi connectivity index (χ3n) is 4.02. The Morgan fingerprint density at radius 3 is 2.48 bits per heavy atom. The van der Waals surface area contributed by atoms with Crippen LogP contribution in [0.2, 0.25) is 0 Å². The molecule has 1 saturated carbocycles. The Morgan fingerprint density at radius 2 is 1.81 bits per heavy atom. The molecule has 114 valence electrons. The number of anilines is 1. The standard InChI is InChI=1S/C15H21N3O3/c1-20-13-7-11-12(8-14(13)21-2)18-15(17-11)16-9-3-5-10(19)6-4-9/h7-10,19H,3-6H2,1-2H3,(H2,16,17,18). The molecular formula is C15H21N3O3. The lowest BCUT2D eigenvalue weighted by atomic mass is 9.93. The van der Waals surface area contributed by atoms with Crippen LogP contribution in [0.15, 0.2) is 12.1 Å². The Kier molecular flexibility index (Phi) is 3.88. The van der Waals surface area contributed by atoms with Gasteiger partial charge in [0.25, 0.3) is 0 Å². The number of hydrogen-bond donors (Lipinski definition) is 3. The molecule has 0 spiro atoms. The molecule has 1 fully saturated rings. The summed E-state index contributed by atoms with van der Waals surface area (Å²) in [6, 6.07) is 4.11. The number of ether oxygens (including phenoxy) is 2. The first-order valence-electron chi connectivity index (χ1n) is 7.26. The number of hydrogen-bond acceptors (Lipinski definition) is 5. The average Bonchev–Trinajstić information content (AvgIpc) is 2.89. The largest absolute Gasteiger partial charge is 0.493 e. The molecule has 3 N–H and O–H groups in total. The molecule has 0 atom stereocenters. The van der Waals surface area contributed by atoms with Gasteiger partial charge in [-0.25, -0.2) is 4.98 Å². The first kappa shape index (κ1) is 14.0. The van der Waals surface area contributed by atoms with Crippen molar-refractivity contribution in [1.29, 1.82) is 0 Å². The van der Waals surface area contributed by atoms with Crippen LogP contribution in [0.1, 0.15) is 25.7 Å². The highest BCUT2D eigenvalue weighted by Gasteiger charge is 2.20. The predicted octanol–water partition coefficient (Wildman–Crippen LogP) is 2.30. The monoisotopic (exact) mass is 291 g/mol. The number of aromatic amines is 1. The second-order valence-electron chi connectivity index (χ2n) is 5.46. The van der Waals surface area contributed by atoms with E-state index in [1.807, 2.05) is 12.1 Å². The number of methoxy groups -OCH3 is 2. The van der Waals surface area contributed by atoms with Crippen molar-refractivity contribution < 1.29 is 14.6 Å². The zero-order valence-corrected chi connectivity index (χ0v) is 12.3. The summed E-state index contributed by atoms with van der Waals surface area (Å²) < 4.78 is 10.6. The van der Waals surface area contributed by atoms with E-state index in [-0.39, 0.29) is 6.10 Å². The minimum atomic E-state index is -0.146. The van der Waals surface area contributed by atoms with Crippen LogP contribution in [-0.4, -0.2) is 41.4 Å². The third-order valence-corrected chi connectivity index (χ3v) is 4.02. The number of H-pyrrole nitrogens is 1. The summed E-state index contributed by atoms with van der Waals surface area (Å²) in [4.78, 5) is 7.80. The van der Waals surface area contributed by atoms with E-state index < -0.39 is 0 Å². The topological polar surface area (TPSA) is 79.4 Å². The van der Waals surface area contributed by atoms with Crippen LogP contribution in [0.5, 0.6) is 11.5 Å². The molecule has 0 unspecified atom stereocenters. The van der Waals surface area contributed by atoms with E-state index in [9.17, 15) is 5.11 Å². The van der Waals surface area contributed by atoms with E-state index in [0.717, 1.165) is 42.7 Å². The number of aromatic nitrogens is 2. The third kappa shape index (κ3) is 2.90. The number of aliphatic hydroxyl groups excluding tert-OH is 1. The zero-order chi connectivity index (χ0) is 14.8. The fourth-order valence-electron chi connectivity index (χ4n) is 2.82. The summed E-state index contributed by atoms with van der Waals surface area (Å²) in [7, 11) is 3.23. The number of fused-ring (bicyclic) bond motifs is 1. The Bertz CT molecular complexity index is 577. The second-order valence-corrected chi connectivity index (χ2v) is 5.46. The smallest absolute Gasteiger partial charge is 0.201 e. The Morgan fingerprint density at radius 1 is 1.14 bits per heavy atom. The van der Waals surface area contributed by atoms with E-state index in [1.54, 1.807) is 14.2 Å². The van der Waals surface area contributed by atoms with Crippen LogP contribution in [-0.2, 0) is 0 Å². The van der Waals surface area contributed by atoms with E-state index in [4.69, 9.17) is 9.47 Å². The molecule has 3 rings (SSSR count). The van der Waals surface area contributed by atoms with Crippen molar-refractivity contribution in [2.24, 2.45) is 0 Å². The fraction of sp³-hybridized carbons (Fsp3) is 0.533. The van der Waals surface area contributed by atoms with E-state index >= 15 is 0 Å². The lowest BCUT2D eigenvalue weighted by molar-refractivity contribution is 0.126. The highest BCUT2D eigenvalue weighted by Crippen LogP contribution is 2.32. The summed E-state index contributed by atoms with van der Waals surface area (Å²) in [5.74, 6) is 2.10. The quantitative estimate of drug-likeness (QED) is 0.805. The molecule has 1 aromatic heterocycles. The van der Waals surface area contributed by atoms with Gasteiger partial charge in [0.05, 0.1) is 31.4 Å². The van der Waals surface area contributed by atoms with E-state index in [1.165, 1.54) is 0 Å². The number of aliphatic hydroxyl groups is 1. The Balaban J connectivity index is 1.80. The molecule has 1 heterocycles. The van der Waals surface area contributed by atoms with Crippen molar-refractivity contribution >= 4 is 17.0 Å². The minimum Gasteiger partial charge on any atom is -0.493 e. The van der Waals surface area contributed by atoms with Crippen LogP contribution in [0.25, 0.3) is 11.0 Å². The lowest BCUT2D eigenvalue weighted by Crippen LogP contribution is -2.28. The molecule has 21 heavy (non-hydrogen) atoms. The minimum absolute atomic E-state index is 0.146. The summed E-state index contributed by atoms with van der Waals surface area (Å²) >= 11 is 0. The molecule has 6 heteroatoms. The molecule has 1 aromatic carbocycles. The van der Waals surface area contributed by atoms with Crippen LogP contribution in [0.4, 0.5) is 5.95 Å². The molecule has 0 bridgehead atoms. The maximum Gasteiger partial charge on any atom is 0.201 e. The highest BCUT2D eigenvalue weighted by atomic mass is 16.5. The number of imidazole rings is 1. The van der Waals surface area contributed by atoms with Crippen LogP contribution < -0.4 is 14.8 Å². The van der Waals surface area contributed by atoms with Crippen molar-refractivity contribution in [2.75, 3.05) is 19.5 Å². The summed E-state index contributed by atoms with van der Waals surface area (Å²) in [6.45, 7) is 0. The summed E-state index contributed by atoms with van der Waals surface area (Å²) in [5, 5.41) is 13.0. The van der Waals surface area contributed by atoms with Crippen LogP contribution in [0.3, 0.4) is 0 Å². The molecular weight excluding hydrogens is 270 g/mol. The molecule has 0 aliphatic heterocycles. The van der Waals surface area contributed by atoms with Crippen molar-refractivity contribution in [3.63, 3.8) is 0 Å². The fourth-order valence-corrected chi connectivity index (χ4v) is 2.82. The number of rotatable bonds is 4.